The lowest BCUT2D eigenvalue weighted by molar-refractivity contribution is 0.373. The van der Waals surface area contributed by atoms with Crippen molar-refractivity contribution in [2.24, 2.45) is 5.92 Å². The molecule has 1 heterocycles. The molecule has 1 aliphatic carbocycles. The number of aromatic nitrogens is 2. The Bertz CT molecular complexity index is 1330. The third-order valence-corrected chi connectivity index (χ3v) is 8.25. The van der Waals surface area contributed by atoms with Crippen molar-refractivity contribution in [1.29, 1.82) is 0 Å². The van der Waals surface area contributed by atoms with Crippen LogP contribution in [0, 0.1) is 5.92 Å². The molecule has 0 aliphatic heterocycles. The zero-order valence-electron chi connectivity index (χ0n) is 24.2. The fourth-order valence-electron chi connectivity index (χ4n) is 5.38. The Balaban J connectivity index is 0.000000193. The van der Waals surface area contributed by atoms with Gasteiger partial charge in [0.25, 0.3) is 0 Å². The van der Waals surface area contributed by atoms with Gasteiger partial charge < -0.3 is 15.1 Å². The summed E-state index contributed by atoms with van der Waals surface area (Å²) >= 11 is 1.66. The molecule has 0 unspecified atom stereocenters. The number of anilines is 3. The summed E-state index contributed by atoms with van der Waals surface area (Å²) in [6.07, 6.45) is 6.81. The van der Waals surface area contributed by atoms with Crippen LogP contribution < -0.4 is 19.8 Å². The highest BCUT2D eigenvalue weighted by molar-refractivity contribution is 7.97. The number of para-hydroxylation sites is 1. The van der Waals surface area contributed by atoms with E-state index in [1.165, 1.54) is 53.5 Å². The Kier molecular flexibility index (Phi) is 10.7. The van der Waals surface area contributed by atoms with E-state index < -0.39 is 0 Å². The lowest BCUT2D eigenvalue weighted by Crippen LogP contribution is -2.24. The number of hydrogen-bond donors (Lipinski definition) is 2. The van der Waals surface area contributed by atoms with Gasteiger partial charge in [0.15, 0.2) is 0 Å². The van der Waals surface area contributed by atoms with Gasteiger partial charge in [0.2, 0.25) is 5.95 Å². The second kappa shape index (κ2) is 14.4. The Hall–Kier alpha value is -3.03. The molecule has 6 nitrogen and oxygen atoms in total. The summed E-state index contributed by atoms with van der Waals surface area (Å²) in [7, 11) is 6.10. The van der Waals surface area contributed by atoms with Crippen molar-refractivity contribution in [3.63, 3.8) is 0 Å². The molecule has 0 atom stereocenters. The molecule has 0 spiro atoms. The summed E-state index contributed by atoms with van der Waals surface area (Å²) in [4.78, 5) is 15.3. The molecule has 1 saturated carbocycles. The molecule has 7 heteroatoms. The second-order valence-corrected chi connectivity index (χ2v) is 11.3. The van der Waals surface area contributed by atoms with Gasteiger partial charge in [-0.05, 0) is 81.3 Å². The molecular formula is C32H44N6S. The summed E-state index contributed by atoms with van der Waals surface area (Å²) in [5.74, 6) is 2.60. The molecule has 0 amide bonds. The average Bonchev–Trinajstić information content (AvgIpc) is 2.97. The van der Waals surface area contributed by atoms with Gasteiger partial charge in [-0.2, -0.15) is 4.98 Å². The minimum atomic E-state index is 0.774. The van der Waals surface area contributed by atoms with E-state index in [0.29, 0.717) is 0 Å². The summed E-state index contributed by atoms with van der Waals surface area (Å²) in [6, 6.07) is 21.2. The molecule has 208 valence electrons. The Labute approximate surface area is 238 Å². The van der Waals surface area contributed by atoms with Crippen LogP contribution in [0.15, 0.2) is 65.6 Å². The van der Waals surface area contributed by atoms with Crippen LogP contribution >= 0.6 is 11.9 Å². The van der Waals surface area contributed by atoms with E-state index in [1.54, 1.807) is 11.9 Å². The molecule has 0 saturated heterocycles. The third-order valence-electron chi connectivity index (χ3n) is 7.47. The maximum absolute atomic E-state index is 4.83. The Morgan fingerprint density at radius 1 is 0.821 bits per heavy atom. The minimum absolute atomic E-state index is 0.774. The van der Waals surface area contributed by atoms with Crippen molar-refractivity contribution in [3.8, 4) is 0 Å². The molecule has 1 fully saturated rings. The first-order chi connectivity index (χ1) is 19.0. The van der Waals surface area contributed by atoms with E-state index in [1.807, 2.05) is 13.1 Å². The van der Waals surface area contributed by atoms with E-state index in [0.717, 1.165) is 48.2 Å². The zero-order chi connectivity index (χ0) is 27.6. The van der Waals surface area contributed by atoms with Gasteiger partial charge in [0.05, 0.1) is 5.52 Å². The van der Waals surface area contributed by atoms with E-state index in [2.05, 4.69) is 102 Å². The number of rotatable bonds is 9. The van der Waals surface area contributed by atoms with Crippen LogP contribution in [0.25, 0.3) is 21.7 Å². The van der Waals surface area contributed by atoms with Gasteiger partial charge in [-0.1, -0.05) is 55.7 Å². The minimum Gasteiger partial charge on any atom is -0.377 e. The number of hydrogen-bond acceptors (Lipinski definition) is 7. The van der Waals surface area contributed by atoms with E-state index in [-0.39, 0.29) is 0 Å². The first-order valence-corrected chi connectivity index (χ1v) is 15.2. The van der Waals surface area contributed by atoms with Gasteiger partial charge in [-0.15, -0.1) is 0 Å². The van der Waals surface area contributed by atoms with Gasteiger partial charge in [-0.3, -0.25) is 4.72 Å². The fourth-order valence-corrected chi connectivity index (χ4v) is 6.04. The average molecular weight is 545 g/mol. The summed E-state index contributed by atoms with van der Waals surface area (Å²) in [5.41, 5.74) is 2.28. The summed E-state index contributed by atoms with van der Waals surface area (Å²) < 4.78 is 3.13. The Morgan fingerprint density at radius 3 is 2.23 bits per heavy atom. The van der Waals surface area contributed by atoms with Gasteiger partial charge in [-0.25, -0.2) is 4.98 Å². The normalized spacial score (nSPS) is 13.7. The molecule has 5 rings (SSSR count). The molecule has 0 bridgehead atoms. The fraction of sp³-hybridized carbons (Fsp3) is 0.438. The summed E-state index contributed by atoms with van der Waals surface area (Å²) in [6.45, 7) is 7.26. The van der Waals surface area contributed by atoms with Crippen LogP contribution in [0.2, 0.25) is 0 Å². The van der Waals surface area contributed by atoms with E-state index in [9.17, 15) is 0 Å². The lowest BCUT2D eigenvalue weighted by Gasteiger charge is -2.24. The van der Waals surface area contributed by atoms with E-state index >= 15 is 0 Å². The maximum Gasteiger partial charge on any atom is 0.225 e. The predicted molar refractivity (Wildman–Crippen MR) is 171 cm³/mol. The van der Waals surface area contributed by atoms with Gasteiger partial charge >= 0.3 is 0 Å². The van der Waals surface area contributed by atoms with Crippen LogP contribution in [0.5, 0.6) is 0 Å². The molecular weight excluding hydrogens is 500 g/mol. The van der Waals surface area contributed by atoms with Crippen molar-refractivity contribution in [3.05, 3.63) is 60.7 Å². The van der Waals surface area contributed by atoms with Crippen LogP contribution in [-0.2, 0) is 0 Å². The van der Waals surface area contributed by atoms with Crippen LogP contribution in [0.4, 0.5) is 17.5 Å². The third kappa shape index (κ3) is 7.34. The molecule has 1 aromatic heterocycles. The first kappa shape index (κ1) is 29.0. The van der Waals surface area contributed by atoms with E-state index in [4.69, 9.17) is 9.97 Å². The monoisotopic (exact) mass is 544 g/mol. The highest BCUT2D eigenvalue weighted by Gasteiger charge is 2.16. The SMILES string of the molecule is CCN(CC)c1nc(NCC2CCCCC2)nc2ccccc12.CNSc1cccc2c(N(C)C)cccc12. The molecule has 2 N–H and O–H groups in total. The van der Waals surface area contributed by atoms with Crippen LogP contribution in [0.1, 0.15) is 46.0 Å². The van der Waals surface area contributed by atoms with Crippen molar-refractivity contribution in [2.75, 3.05) is 55.9 Å². The zero-order valence-corrected chi connectivity index (χ0v) is 25.0. The number of benzene rings is 3. The lowest BCUT2D eigenvalue weighted by atomic mass is 9.89. The number of nitrogens with zero attached hydrogens (tertiary/aromatic N) is 4. The number of nitrogens with one attached hydrogen (secondary N) is 2. The van der Waals surface area contributed by atoms with Crippen LogP contribution in [0.3, 0.4) is 0 Å². The van der Waals surface area contributed by atoms with Crippen molar-refractivity contribution in [1.82, 2.24) is 14.7 Å². The maximum atomic E-state index is 4.83. The van der Waals surface area contributed by atoms with Crippen molar-refractivity contribution >= 4 is 51.1 Å². The van der Waals surface area contributed by atoms with Gasteiger partial charge in [0.1, 0.15) is 5.82 Å². The molecule has 0 radical (unpaired) electrons. The largest absolute Gasteiger partial charge is 0.377 e. The topological polar surface area (TPSA) is 56.3 Å². The van der Waals surface area contributed by atoms with Crippen molar-refractivity contribution in [2.45, 2.75) is 50.8 Å². The highest BCUT2D eigenvalue weighted by Crippen LogP contribution is 2.32. The standard InChI is InChI=1S/C19H28N4.C13H16N2S/c1-3-23(4-2)18-16-12-8-9-13-17(16)21-19(22-18)20-14-15-10-6-5-7-11-15;1-14-16-13-9-5-6-10-11(13)7-4-8-12(10)15(2)3/h8-9,12-13,15H,3-7,10-11,14H2,1-2H3,(H,20,21,22);4-9,14H,1-3H3. The molecule has 3 aromatic carbocycles. The quantitative estimate of drug-likeness (QED) is 0.210. The van der Waals surface area contributed by atoms with Crippen molar-refractivity contribution < 1.29 is 0 Å². The molecule has 1 aliphatic rings. The molecule has 4 aromatic rings. The summed E-state index contributed by atoms with van der Waals surface area (Å²) in [5, 5.41) is 7.24. The second-order valence-electron chi connectivity index (χ2n) is 10.3. The first-order valence-electron chi connectivity index (χ1n) is 14.3. The van der Waals surface area contributed by atoms with Gasteiger partial charge in [0, 0.05) is 55.1 Å². The predicted octanol–water partition coefficient (Wildman–Crippen LogP) is 7.60. The Morgan fingerprint density at radius 2 is 1.51 bits per heavy atom. The number of fused-ring (bicyclic) bond motifs is 2. The highest BCUT2D eigenvalue weighted by atomic mass is 32.2. The molecule has 39 heavy (non-hydrogen) atoms. The smallest absolute Gasteiger partial charge is 0.225 e. The van der Waals surface area contributed by atoms with Crippen LogP contribution in [-0.4, -0.2) is 50.7 Å².